The molecule has 1 aliphatic heterocycles. The summed E-state index contributed by atoms with van der Waals surface area (Å²) in [6.07, 6.45) is -0.226. The van der Waals surface area contributed by atoms with Crippen LogP contribution in [-0.4, -0.2) is 47.8 Å². The van der Waals surface area contributed by atoms with E-state index in [1.807, 2.05) is 26.8 Å². The zero-order valence-electron chi connectivity index (χ0n) is 14.3. The second-order valence-corrected chi connectivity index (χ2v) is 7.03. The molecule has 1 saturated heterocycles. The van der Waals surface area contributed by atoms with Gasteiger partial charge in [-0.15, -0.1) is 0 Å². The Hall–Kier alpha value is -1.78. The van der Waals surface area contributed by atoms with Crippen molar-refractivity contribution in [2.24, 2.45) is 0 Å². The fourth-order valence-electron chi connectivity index (χ4n) is 2.38. The first-order chi connectivity index (χ1) is 10.3. The fraction of sp³-hybridized carbons (Fsp3) is 0.647. The highest BCUT2D eigenvalue weighted by Crippen LogP contribution is 2.19. The van der Waals surface area contributed by atoms with Gasteiger partial charge in [0, 0.05) is 31.9 Å². The summed E-state index contributed by atoms with van der Waals surface area (Å²) in [6, 6.07) is 6.15. The first kappa shape index (κ1) is 16.6. The van der Waals surface area contributed by atoms with Gasteiger partial charge in [-0.1, -0.05) is 19.9 Å². The molecule has 5 heteroatoms. The molecule has 22 heavy (non-hydrogen) atoms. The normalized spacial score (nSPS) is 16.1. The summed E-state index contributed by atoms with van der Waals surface area (Å²) in [5, 5.41) is 0. The molecule has 0 unspecified atom stereocenters. The molecule has 0 aromatic carbocycles. The van der Waals surface area contributed by atoms with Crippen molar-refractivity contribution in [3.63, 3.8) is 0 Å². The Morgan fingerprint density at radius 2 is 1.82 bits per heavy atom. The monoisotopic (exact) mass is 305 g/mol. The van der Waals surface area contributed by atoms with Crippen molar-refractivity contribution in [2.75, 3.05) is 31.1 Å². The van der Waals surface area contributed by atoms with Gasteiger partial charge in [-0.2, -0.15) is 0 Å². The number of hydrogen-bond donors (Lipinski definition) is 0. The number of anilines is 1. The molecule has 0 spiro atoms. The molecule has 0 saturated carbocycles. The SMILES string of the molecule is CC(C)c1cccc(N2CCN(C(=O)OC(C)(C)C)CC2)n1. The summed E-state index contributed by atoms with van der Waals surface area (Å²) in [7, 11) is 0. The Balaban J connectivity index is 1.95. The number of aromatic nitrogens is 1. The Labute approximate surface area is 133 Å². The van der Waals surface area contributed by atoms with Crippen LogP contribution in [0.5, 0.6) is 0 Å². The third-order valence-corrected chi connectivity index (χ3v) is 3.60. The summed E-state index contributed by atoms with van der Waals surface area (Å²) in [6.45, 7) is 12.9. The minimum absolute atomic E-state index is 0.226. The van der Waals surface area contributed by atoms with Gasteiger partial charge in [-0.25, -0.2) is 9.78 Å². The molecule has 0 N–H and O–H groups in total. The largest absolute Gasteiger partial charge is 0.444 e. The number of nitrogens with zero attached hydrogens (tertiary/aromatic N) is 3. The van der Waals surface area contributed by atoms with Crippen molar-refractivity contribution >= 4 is 11.9 Å². The summed E-state index contributed by atoms with van der Waals surface area (Å²) in [5.41, 5.74) is 0.661. The Kier molecular flexibility index (Phi) is 4.94. The number of amides is 1. The van der Waals surface area contributed by atoms with Gasteiger partial charge in [-0.05, 0) is 38.8 Å². The van der Waals surface area contributed by atoms with Gasteiger partial charge in [0.1, 0.15) is 11.4 Å². The predicted octanol–water partition coefficient (Wildman–Crippen LogP) is 3.26. The van der Waals surface area contributed by atoms with Crippen molar-refractivity contribution in [3.8, 4) is 0 Å². The highest BCUT2D eigenvalue weighted by molar-refractivity contribution is 5.68. The van der Waals surface area contributed by atoms with Crippen LogP contribution >= 0.6 is 0 Å². The third-order valence-electron chi connectivity index (χ3n) is 3.60. The molecule has 122 valence electrons. The average Bonchev–Trinajstić information content (AvgIpc) is 2.46. The number of pyridine rings is 1. The zero-order valence-corrected chi connectivity index (χ0v) is 14.3. The summed E-state index contributed by atoms with van der Waals surface area (Å²) in [5.74, 6) is 1.41. The quantitative estimate of drug-likeness (QED) is 0.841. The maximum atomic E-state index is 12.1. The van der Waals surface area contributed by atoms with E-state index in [0.29, 0.717) is 19.0 Å². The molecule has 1 fully saturated rings. The Morgan fingerprint density at radius 1 is 1.18 bits per heavy atom. The van der Waals surface area contributed by atoms with Crippen molar-refractivity contribution in [2.45, 2.75) is 46.1 Å². The number of ether oxygens (including phenoxy) is 1. The molecule has 2 heterocycles. The Morgan fingerprint density at radius 3 is 2.36 bits per heavy atom. The van der Waals surface area contributed by atoms with E-state index in [1.54, 1.807) is 4.90 Å². The summed E-state index contributed by atoms with van der Waals surface area (Å²) < 4.78 is 5.42. The smallest absolute Gasteiger partial charge is 0.410 e. The second kappa shape index (κ2) is 6.55. The van der Waals surface area contributed by atoms with Crippen LogP contribution in [0, 0.1) is 0 Å². The molecule has 2 rings (SSSR count). The lowest BCUT2D eigenvalue weighted by Gasteiger charge is -2.36. The number of carbonyl (C=O) groups is 1. The van der Waals surface area contributed by atoms with E-state index >= 15 is 0 Å². The van der Waals surface area contributed by atoms with Gasteiger partial charge < -0.3 is 14.5 Å². The maximum Gasteiger partial charge on any atom is 0.410 e. The molecule has 1 aliphatic rings. The summed E-state index contributed by atoms with van der Waals surface area (Å²) in [4.78, 5) is 20.8. The zero-order chi connectivity index (χ0) is 16.3. The molecule has 1 amide bonds. The van der Waals surface area contributed by atoms with E-state index in [1.165, 1.54) is 0 Å². The van der Waals surface area contributed by atoms with Gasteiger partial charge in [0.25, 0.3) is 0 Å². The van der Waals surface area contributed by atoms with Crippen LogP contribution in [0.2, 0.25) is 0 Å². The van der Waals surface area contributed by atoms with Crippen LogP contribution in [0.3, 0.4) is 0 Å². The number of rotatable bonds is 2. The standard InChI is InChI=1S/C17H27N3O2/c1-13(2)14-7-6-8-15(18-14)19-9-11-20(12-10-19)16(21)22-17(3,4)5/h6-8,13H,9-12H2,1-5H3. The highest BCUT2D eigenvalue weighted by Gasteiger charge is 2.26. The molecule has 0 atom stereocenters. The lowest BCUT2D eigenvalue weighted by atomic mass is 10.1. The van der Waals surface area contributed by atoms with Gasteiger partial charge >= 0.3 is 6.09 Å². The maximum absolute atomic E-state index is 12.1. The molecule has 0 bridgehead atoms. The fourth-order valence-corrected chi connectivity index (χ4v) is 2.38. The van der Waals surface area contributed by atoms with Crippen LogP contribution < -0.4 is 4.90 Å². The van der Waals surface area contributed by atoms with Crippen LogP contribution in [0.25, 0.3) is 0 Å². The number of carbonyl (C=O) groups excluding carboxylic acids is 1. The minimum atomic E-state index is -0.443. The lowest BCUT2D eigenvalue weighted by molar-refractivity contribution is 0.0240. The van der Waals surface area contributed by atoms with Crippen LogP contribution in [0.1, 0.15) is 46.2 Å². The lowest BCUT2D eigenvalue weighted by Crippen LogP contribution is -2.50. The Bertz CT molecular complexity index is 515. The van der Waals surface area contributed by atoms with E-state index in [9.17, 15) is 4.79 Å². The highest BCUT2D eigenvalue weighted by atomic mass is 16.6. The molecule has 5 nitrogen and oxygen atoms in total. The van der Waals surface area contributed by atoms with Crippen molar-refractivity contribution in [1.29, 1.82) is 0 Å². The number of hydrogen-bond acceptors (Lipinski definition) is 4. The third kappa shape index (κ3) is 4.36. The molecule has 1 aromatic rings. The van der Waals surface area contributed by atoms with Crippen LogP contribution in [0.15, 0.2) is 18.2 Å². The summed E-state index contributed by atoms with van der Waals surface area (Å²) >= 11 is 0. The van der Waals surface area contributed by atoms with E-state index in [-0.39, 0.29) is 6.09 Å². The topological polar surface area (TPSA) is 45.7 Å². The van der Waals surface area contributed by atoms with Gasteiger partial charge in [0.05, 0.1) is 0 Å². The molecular weight excluding hydrogens is 278 g/mol. The van der Waals surface area contributed by atoms with Crippen molar-refractivity contribution in [1.82, 2.24) is 9.88 Å². The van der Waals surface area contributed by atoms with Crippen LogP contribution in [-0.2, 0) is 4.74 Å². The van der Waals surface area contributed by atoms with E-state index in [2.05, 4.69) is 30.9 Å². The molecule has 1 aromatic heterocycles. The van der Waals surface area contributed by atoms with Crippen molar-refractivity contribution < 1.29 is 9.53 Å². The van der Waals surface area contributed by atoms with E-state index < -0.39 is 5.60 Å². The molecule has 0 aliphatic carbocycles. The van der Waals surface area contributed by atoms with E-state index in [0.717, 1.165) is 24.6 Å². The first-order valence-corrected chi connectivity index (χ1v) is 7.96. The second-order valence-electron chi connectivity index (χ2n) is 7.03. The molecular formula is C17H27N3O2. The predicted molar refractivity (Wildman–Crippen MR) is 88.3 cm³/mol. The number of piperazine rings is 1. The average molecular weight is 305 g/mol. The van der Waals surface area contributed by atoms with E-state index in [4.69, 9.17) is 9.72 Å². The van der Waals surface area contributed by atoms with Crippen molar-refractivity contribution in [3.05, 3.63) is 23.9 Å². The first-order valence-electron chi connectivity index (χ1n) is 7.96. The van der Waals surface area contributed by atoms with Crippen LogP contribution in [0.4, 0.5) is 10.6 Å². The molecule has 0 radical (unpaired) electrons. The van der Waals surface area contributed by atoms with Gasteiger partial charge in [0.15, 0.2) is 0 Å². The van der Waals surface area contributed by atoms with Gasteiger partial charge in [-0.3, -0.25) is 0 Å². The van der Waals surface area contributed by atoms with Gasteiger partial charge in [0.2, 0.25) is 0 Å². The minimum Gasteiger partial charge on any atom is -0.444 e.